The molecule has 0 amide bonds. The summed E-state index contributed by atoms with van der Waals surface area (Å²) >= 11 is 0. The summed E-state index contributed by atoms with van der Waals surface area (Å²) in [5, 5.41) is 7.30. The number of hydrogen-bond acceptors (Lipinski definition) is 7. The van der Waals surface area contributed by atoms with Crippen LogP contribution in [-0.2, 0) is 14.3 Å². The van der Waals surface area contributed by atoms with Gasteiger partial charge in [0.25, 0.3) is 0 Å². The molecule has 0 saturated heterocycles. The van der Waals surface area contributed by atoms with Crippen molar-refractivity contribution in [2.24, 2.45) is 0 Å². The molecule has 1 unspecified atom stereocenters. The molecule has 1 aliphatic rings. The van der Waals surface area contributed by atoms with Crippen LogP contribution in [0.1, 0.15) is 18.7 Å². The van der Waals surface area contributed by atoms with Gasteiger partial charge < -0.3 is 14.8 Å². The van der Waals surface area contributed by atoms with Crippen molar-refractivity contribution >= 4 is 11.9 Å². The molecule has 3 heterocycles. The highest BCUT2D eigenvalue weighted by molar-refractivity contribution is 5.92. The van der Waals surface area contributed by atoms with Crippen LogP contribution in [0.2, 0.25) is 0 Å². The highest BCUT2D eigenvalue weighted by Crippen LogP contribution is 2.34. The first-order valence-corrected chi connectivity index (χ1v) is 7.22. The molecule has 0 aliphatic carbocycles. The number of anilines is 1. The van der Waals surface area contributed by atoms with Crippen molar-refractivity contribution in [1.29, 1.82) is 0 Å². The minimum absolute atomic E-state index is 0.227. The van der Waals surface area contributed by atoms with Gasteiger partial charge in [-0.25, -0.2) is 9.48 Å². The number of rotatable bonds is 5. The molecule has 0 aromatic carbocycles. The number of nitrogens with one attached hydrogen (secondary N) is 1. The Balaban J connectivity index is 2.15. The maximum atomic E-state index is 12.5. The summed E-state index contributed by atoms with van der Waals surface area (Å²) in [6.07, 6.45) is 3.10. The van der Waals surface area contributed by atoms with E-state index in [0.717, 1.165) is 0 Å². The van der Waals surface area contributed by atoms with Crippen molar-refractivity contribution < 1.29 is 14.3 Å². The van der Waals surface area contributed by atoms with Gasteiger partial charge in [0.05, 0.1) is 30.2 Å². The lowest BCUT2D eigenvalue weighted by Crippen LogP contribution is -2.32. The summed E-state index contributed by atoms with van der Waals surface area (Å²) in [6.45, 7) is 2.27. The van der Waals surface area contributed by atoms with E-state index in [-0.39, 0.29) is 13.2 Å². The number of carbonyl (C=O) groups is 1. The second-order valence-electron chi connectivity index (χ2n) is 4.86. The van der Waals surface area contributed by atoms with E-state index in [9.17, 15) is 4.79 Å². The van der Waals surface area contributed by atoms with E-state index in [4.69, 9.17) is 9.47 Å². The van der Waals surface area contributed by atoms with Crippen molar-refractivity contribution in [2.75, 3.05) is 25.6 Å². The predicted molar refractivity (Wildman–Crippen MR) is 81.6 cm³/mol. The zero-order valence-corrected chi connectivity index (χ0v) is 12.9. The molecule has 1 atom stereocenters. The van der Waals surface area contributed by atoms with Crippen molar-refractivity contribution in [3.05, 3.63) is 47.7 Å². The lowest BCUT2D eigenvalue weighted by atomic mass is 9.99. The largest absolute Gasteiger partial charge is 0.463 e. The Morgan fingerprint density at radius 2 is 2.26 bits per heavy atom. The second kappa shape index (κ2) is 6.57. The fourth-order valence-electron chi connectivity index (χ4n) is 2.53. The van der Waals surface area contributed by atoms with E-state index in [2.05, 4.69) is 20.4 Å². The molecule has 0 fully saturated rings. The smallest absolute Gasteiger partial charge is 0.338 e. The van der Waals surface area contributed by atoms with Crippen LogP contribution in [-0.4, -0.2) is 46.0 Å². The van der Waals surface area contributed by atoms with Gasteiger partial charge >= 0.3 is 5.97 Å². The molecule has 23 heavy (non-hydrogen) atoms. The van der Waals surface area contributed by atoms with Crippen LogP contribution in [0.25, 0.3) is 0 Å². The number of ether oxygens (including phenoxy) is 2. The van der Waals surface area contributed by atoms with E-state index >= 15 is 0 Å². The molecule has 0 bridgehead atoms. The van der Waals surface area contributed by atoms with Gasteiger partial charge in [-0.05, 0) is 19.1 Å². The SMILES string of the molecule is CCOC(=O)C1=C(COC)Nc2ncnn2C1c1ccccn1. The maximum absolute atomic E-state index is 12.5. The fourth-order valence-corrected chi connectivity index (χ4v) is 2.53. The minimum atomic E-state index is -0.515. The Labute approximate surface area is 133 Å². The molecule has 0 radical (unpaired) electrons. The molecule has 8 nitrogen and oxygen atoms in total. The molecular weight excluding hydrogens is 298 g/mol. The van der Waals surface area contributed by atoms with Gasteiger partial charge in [0.15, 0.2) is 0 Å². The summed E-state index contributed by atoms with van der Waals surface area (Å²) in [4.78, 5) is 21.1. The van der Waals surface area contributed by atoms with Crippen LogP contribution >= 0.6 is 0 Å². The van der Waals surface area contributed by atoms with E-state index in [0.29, 0.717) is 22.9 Å². The molecule has 3 rings (SSSR count). The maximum Gasteiger partial charge on any atom is 0.338 e. The van der Waals surface area contributed by atoms with Gasteiger partial charge in [0.2, 0.25) is 5.95 Å². The van der Waals surface area contributed by atoms with Gasteiger partial charge in [-0.3, -0.25) is 4.98 Å². The summed E-state index contributed by atoms with van der Waals surface area (Å²) < 4.78 is 12.0. The van der Waals surface area contributed by atoms with Gasteiger partial charge in [0, 0.05) is 13.3 Å². The van der Waals surface area contributed by atoms with Crippen LogP contribution < -0.4 is 5.32 Å². The van der Waals surface area contributed by atoms with Crippen molar-refractivity contribution in [2.45, 2.75) is 13.0 Å². The topological polar surface area (TPSA) is 91.2 Å². The van der Waals surface area contributed by atoms with Crippen molar-refractivity contribution in [1.82, 2.24) is 19.7 Å². The molecule has 8 heteroatoms. The lowest BCUT2D eigenvalue weighted by molar-refractivity contribution is -0.139. The number of carbonyl (C=O) groups excluding carboxylic acids is 1. The van der Waals surface area contributed by atoms with Crippen molar-refractivity contribution in [3.8, 4) is 0 Å². The molecule has 0 saturated carbocycles. The third-order valence-electron chi connectivity index (χ3n) is 3.43. The number of pyridine rings is 1. The highest BCUT2D eigenvalue weighted by atomic mass is 16.5. The molecule has 1 N–H and O–H groups in total. The first kappa shape index (κ1) is 15.2. The fraction of sp³-hybridized carbons (Fsp3) is 0.333. The number of esters is 1. The standard InChI is InChI=1S/C15H17N5O3/c1-3-23-14(21)12-11(8-22-2)19-15-17-9-18-20(15)13(12)10-6-4-5-7-16-10/h4-7,9,13H,3,8H2,1-2H3,(H,17,18,19). The Bertz CT molecular complexity index is 726. The third-order valence-corrected chi connectivity index (χ3v) is 3.43. The first-order chi connectivity index (χ1) is 11.3. The summed E-state index contributed by atoms with van der Waals surface area (Å²) in [5.74, 6) is 0.101. The summed E-state index contributed by atoms with van der Waals surface area (Å²) in [6, 6.07) is 5.00. The van der Waals surface area contributed by atoms with Crippen LogP contribution in [0.3, 0.4) is 0 Å². The zero-order chi connectivity index (χ0) is 16.2. The lowest BCUT2D eigenvalue weighted by Gasteiger charge is -2.28. The molecular formula is C15H17N5O3. The van der Waals surface area contributed by atoms with Crippen LogP contribution in [0.4, 0.5) is 5.95 Å². The number of nitrogens with zero attached hydrogens (tertiary/aromatic N) is 4. The average molecular weight is 315 g/mol. The molecule has 1 aliphatic heterocycles. The van der Waals surface area contributed by atoms with Crippen molar-refractivity contribution in [3.63, 3.8) is 0 Å². The molecule has 2 aromatic rings. The quantitative estimate of drug-likeness (QED) is 0.828. The van der Waals surface area contributed by atoms with Gasteiger partial charge in [0.1, 0.15) is 12.4 Å². The Kier molecular flexibility index (Phi) is 4.33. The number of hydrogen-bond donors (Lipinski definition) is 1. The normalized spacial score (nSPS) is 16.7. The van der Waals surface area contributed by atoms with Crippen LogP contribution in [0.15, 0.2) is 42.0 Å². The van der Waals surface area contributed by atoms with Gasteiger partial charge in [-0.1, -0.05) is 6.07 Å². The monoisotopic (exact) mass is 315 g/mol. The Hall–Kier alpha value is -2.74. The molecule has 2 aromatic heterocycles. The predicted octanol–water partition coefficient (Wildman–Crippen LogP) is 1.15. The average Bonchev–Trinajstić information content (AvgIpc) is 3.03. The van der Waals surface area contributed by atoms with E-state index < -0.39 is 12.0 Å². The Morgan fingerprint density at radius 3 is 2.96 bits per heavy atom. The summed E-state index contributed by atoms with van der Waals surface area (Å²) in [7, 11) is 1.56. The van der Waals surface area contributed by atoms with Gasteiger partial charge in [-0.2, -0.15) is 10.1 Å². The van der Waals surface area contributed by atoms with E-state index in [1.807, 2.05) is 18.2 Å². The second-order valence-corrected chi connectivity index (χ2v) is 4.86. The molecule has 0 spiro atoms. The molecule has 120 valence electrons. The number of fused-ring (bicyclic) bond motifs is 1. The minimum Gasteiger partial charge on any atom is -0.463 e. The zero-order valence-electron chi connectivity index (χ0n) is 12.9. The summed E-state index contributed by atoms with van der Waals surface area (Å²) in [5.41, 5.74) is 1.70. The van der Waals surface area contributed by atoms with Gasteiger partial charge in [-0.15, -0.1) is 0 Å². The first-order valence-electron chi connectivity index (χ1n) is 7.22. The number of methoxy groups -OCH3 is 1. The number of aromatic nitrogens is 4. The van der Waals surface area contributed by atoms with E-state index in [1.165, 1.54) is 6.33 Å². The van der Waals surface area contributed by atoms with Crippen LogP contribution in [0, 0.1) is 0 Å². The third kappa shape index (κ3) is 2.80. The highest BCUT2D eigenvalue weighted by Gasteiger charge is 2.36. The van der Waals surface area contributed by atoms with Crippen LogP contribution in [0.5, 0.6) is 0 Å². The Morgan fingerprint density at radius 1 is 1.39 bits per heavy atom. The van der Waals surface area contributed by atoms with E-state index in [1.54, 1.807) is 24.9 Å².